The summed E-state index contributed by atoms with van der Waals surface area (Å²) < 4.78 is 60.8. The van der Waals surface area contributed by atoms with Gasteiger partial charge in [-0.2, -0.15) is 17.6 Å². The van der Waals surface area contributed by atoms with E-state index in [0.29, 0.717) is 41.5 Å². The van der Waals surface area contributed by atoms with Crippen LogP contribution in [0.15, 0.2) is 42.7 Å². The fourth-order valence-corrected chi connectivity index (χ4v) is 4.93. The SMILES string of the molecule is Nc1nc2ccc(C(=O)N3CCC[C@@H]4Oc5cc(C(F)(F)F)ccc5[C@@H]43)cc2n2cnc(F)c12. The van der Waals surface area contributed by atoms with Crippen molar-refractivity contribution in [3.8, 4) is 5.75 Å². The van der Waals surface area contributed by atoms with E-state index in [1.807, 2.05) is 0 Å². The van der Waals surface area contributed by atoms with Gasteiger partial charge in [-0.1, -0.05) is 6.07 Å². The van der Waals surface area contributed by atoms with Crippen molar-refractivity contribution < 1.29 is 27.1 Å². The first-order valence-electron chi connectivity index (χ1n) is 10.6. The number of nitrogen functional groups attached to an aromatic ring is 1. The van der Waals surface area contributed by atoms with Gasteiger partial charge in [0.2, 0.25) is 5.95 Å². The number of nitrogens with zero attached hydrogens (tertiary/aromatic N) is 4. The highest BCUT2D eigenvalue weighted by molar-refractivity contribution is 5.98. The minimum absolute atomic E-state index is 0.0154. The van der Waals surface area contributed by atoms with Crippen LogP contribution in [0.5, 0.6) is 5.75 Å². The first-order valence-corrected chi connectivity index (χ1v) is 10.6. The van der Waals surface area contributed by atoms with Crippen LogP contribution in [0, 0.1) is 5.95 Å². The summed E-state index contributed by atoms with van der Waals surface area (Å²) in [4.78, 5) is 23.1. The fourth-order valence-electron chi connectivity index (χ4n) is 4.93. The first kappa shape index (κ1) is 20.7. The van der Waals surface area contributed by atoms with Gasteiger partial charge in [0.15, 0.2) is 5.82 Å². The Morgan fingerprint density at radius 3 is 2.79 bits per heavy atom. The molecule has 2 aliphatic heterocycles. The lowest BCUT2D eigenvalue weighted by molar-refractivity contribution is -0.137. The van der Waals surface area contributed by atoms with Crippen molar-refractivity contribution in [1.29, 1.82) is 0 Å². The predicted molar refractivity (Wildman–Crippen MR) is 114 cm³/mol. The number of hydrogen-bond acceptors (Lipinski definition) is 5. The molecule has 2 N–H and O–H groups in total. The summed E-state index contributed by atoms with van der Waals surface area (Å²) in [5, 5.41) is 0. The number of aromatic nitrogens is 3. The van der Waals surface area contributed by atoms with Crippen LogP contribution in [0.4, 0.5) is 23.4 Å². The summed E-state index contributed by atoms with van der Waals surface area (Å²) in [7, 11) is 0. The number of fused-ring (bicyclic) bond motifs is 6. The Balaban J connectivity index is 1.40. The molecule has 2 aromatic heterocycles. The lowest BCUT2D eigenvalue weighted by atomic mass is 9.93. The zero-order valence-corrected chi connectivity index (χ0v) is 17.5. The molecule has 6 rings (SSSR count). The van der Waals surface area contributed by atoms with Crippen molar-refractivity contribution in [2.24, 2.45) is 0 Å². The molecule has 2 atom stereocenters. The Hall–Kier alpha value is -3.89. The third-order valence-corrected chi connectivity index (χ3v) is 6.46. The van der Waals surface area contributed by atoms with Gasteiger partial charge in [-0.3, -0.25) is 9.20 Å². The van der Waals surface area contributed by atoms with Crippen LogP contribution in [0.25, 0.3) is 16.6 Å². The second-order valence-corrected chi connectivity index (χ2v) is 8.45. The topological polar surface area (TPSA) is 85.8 Å². The molecular formula is C23H17F4N5O2. The summed E-state index contributed by atoms with van der Waals surface area (Å²) in [6.45, 7) is 0.428. The monoisotopic (exact) mass is 471 g/mol. The number of likely N-dealkylation sites (tertiary alicyclic amines) is 1. The number of amides is 1. The average Bonchev–Trinajstić information content (AvgIpc) is 3.38. The van der Waals surface area contributed by atoms with Gasteiger partial charge in [-0.05, 0) is 43.2 Å². The molecule has 0 spiro atoms. The third-order valence-electron chi connectivity index (χ3n) is 6.46. The standard InChI is InChI=1S/C23H17F4N5O2/c24-20-19-21(28)30-14-6-3-11(8-15(14)32(19)10-29-20)22(33)31-7-1-2-16-18(31)13-5-4-12(23(25,26)27)9-17(13)34-16/h3-6,8-10,16,18H,1-2,7H2,(H2,28,30)/t16-,18-/m0/s1. The lowest BCUT2D eigenvalue weighted by Crippen LogP contribution is -2.44. The molecule has 0 bridgehead atoms. The highest BCUT2D eigenvalue weighted by atomic mass is 19.4. The normalized spacial score (nSPS) is 19.8. The number of ether oxygens (including phenoxy) is 1. The number of carbonyl (C=O) groups excluding carboxylic acids is 1. The van der Waals surface area contributed by atoms with Crippen LogP contribution in [0.1, 0.15) is 40.4 Å². The molecule has 174 valence electrons. The maximum atomic E-state index is 14.1. The van der Waals surface area contributed by atoms with Gasteiger partial charge in [-0.25, -0.2) is 9.97 Å². The molecule has 0 saturated carbocycles. The van der Waals surface area contributed by atoms with Gasteiger partial charge < -0.3 is 15.4 Å². The minimum atomic E-state index is -4.48. The van der Waals surface area contributed by atoms with Gasteiger partial charge in [0.25, 0.3) is 5.91 Å². The van der Waals surface area contributed by atoms with Crippen LogP contribution >= 0.6 is 0 Å². The van der Waals surface area contributed by atoms with E-state index in [1.54, 1.807) is 23.1 Å². The van der Waals surface area contributed by atoms with E-state index in [1.165, 1.54) is 16.8 Å². The summed E-state index contributed by atoms with van der Waals surface area (Å²) in [5.74, 6) is -0.935. The van der Waals surface area contributed by atoms with Crippen molar-refractivity contribution in [3.63, 3.8) is 0 Å². The third kappa shape index (κ3) is 2.99. The molecule has 1 fully saturated rings. The number of alkyl halides is 3. The zero-order valence-electron chi connectivity index (χ0n) is 17.5. The Kier molecular flexibility index (Phi) is 4.29. The Morgan fingerprint density at radius 2 is 2.00 bits per heavy atom. The highest BCUT2D eigenvalue weighted by Gasteiger charge is 2.44. The van der Waals surface area contributed by atoms with Gasteiger partial charge in [-0.15, -0.1) is 0 Å². The molecule has 0 unspecified atom stereocenters. The summed E-state index contributed by atoms with van der Waals surface area (Å²) in [5.41, 5.74) is 6.89. The molecular weight excluding hydrogens is 454 g/mol. The number of carbonyl (C=O) groups is 1. The van der Waals surface area contributed by atoms with Crippen LogP contribution in [0.3, 0.4) is 0 Å². The molecule has 1 saturated heterocycles. The van der Waals surface area contributed by atoms with Gasteiger partial charge in [0.1, 0.15) is 23.7 Å². The molecule has 7 nitrogen and oxygen atoms in total. The van der Waals surface area contributed by atoms with Crippen molar-refractivity contribution >= 4 is 28.3 Å². The number of halogens is 4. The molecule has 0 radical (unpaired) electrons. The van der Waals surface area contributed by atoms with Gasteiger partial charge in [0.05, 0.1) is 22.6 Å². The van der Waals surface area contributed by atoms with Crippen molar-refractivity contribution in [2.75, 3.05) is 12.3 Å². The highest BCUT2D eigenvalue weighted by Crippen LogP contribution is 2.46. The van der Waals surface area contributed by atoms with E-state index in [0.717, 1.165) is 12.1 Å². The fraction of sp³-hybridized carbons (Fsp3) is 0.261. The maximum absolute atomic E-state index is 14.1. The molecule has 34 heavy (non-hydrogen) atoms. The van der Waals surface area contributed by atoms with Crippen LogP contribution in [-0.4, -0.2) is 37.8 Å². The summed E-state index contributed by atoms with van der Waals surface area (Å²) in [6.07, 6.45) is -2.36. The second-order valence-electron chi connectivity index (χ2n) is 8.45. The number of piperidine rings is 1. The van der Waals surface area contributed by atoms with E-state index in [4.69, 9.17) is 10.5 Å². The number of rotatable bonds is 1. The van der Waals surface area contributed by atoms with Crippen LogP contribution < -0.4 is 10.5 Å². The maximum Gasteiger partial charge on any atom is 0.416 e. The Labute approximate surface area is 189 Å². The Morgan fingerprint density at radius 1 is 1.18 bits per heavy atom. The van der Waals surface area contributed by atoms with E-state index in [2.05, 4.69) is 9.97 Å². The Bertz CT molecular complexity index is 1480. The van der Waals surface area contributed by atoms with Gasteiger partial charge in [0, 0.05) is 17.7 Å². The van der Waals surface area contributed by atoms with Crippen LogP contribution in [-0.2, 0) is 6.18 Å². The van der Waals surface area contributed by atoms with Crippen molar-refractivity contribution in [1.82, 2.24) is 19.3 Å². The minimum Gasteiger partial charge on any atom is -0.488 e. The molecule has 2 aromatic carbocycles. The molecule has 4 aromatic rings. The van der Waals surface area contributed by atoms with Gasteiger partial charge >= 0.3 is 6.18 Å². The quantitative estimate of drug-likeness (QED) is 0.417. The largest absolute Gasteiger partial charge is 0.488 e. The summed E-state index contributed by atoms with van der Waals surface area (Å²) in [6, 6.07) is 7.70. The average molecular weight is 471 g/mol. The van der Waals surface area contributed by atoms with E-state index in [-0.39, 0.29) is 23.0 Å². The number of anilines is 1. The first-order chi connectivity index (χ1) is 16.2. The van der Waals surface area contributed by atoms with E-state index >= 15 is 0 Å². The molecule has 0 aliphatic carbocycles. The second kappa shape index (κ2) is 7.05. The number of hydrogen-bond donors (Lipinski definition) is 1. The predicted octanol–water partition coefficient (Wildman–Crippen LogP) is 4.36. The molecule has 11 heteroatoms. The zero-order chi connectivity index (χ0) is 23.8. The van der Waals surface area contributed by atoms with E-state index < -0.39 is 29.8 Å². The molecule has 4 heterocycles. The number of imidazole rings is 1. The molecule has 1 amide bonds. The van der Waals surface area contributed by atoms with E-state index in [9.17, 15) is 22.4 Å². The smallest absolute Gasteiger partial charge is 0.416 e. The summed E-state index contributed by atoms with van der Waals surface area (Å²) >= 11 is 0. The number of benzene rings is 2. The van der Waals surface area contributed by atoms with Crippen LogP contribution in [0.2, 0.25) is 0 Å². The number of nitrogens with two attached hydrogens (primary N) is 1. The van der Waals surface area contributed by atoms with Crippen molar-refractivity contribution in [3.05, 3.63) is 65.4 Å². The molecule has 2 aliphatic rings. The van der Waals surface area contributed by atoms with Crippen molar-refractivity contribution in [2.45, 2.75) is 31.2 Å². The lowest BCUT2D eigenvalue weighted by Gasteiger charge is -2.36.